The number of aromatic nitrogens is 8. The summed E-state index contributed by atoms with van der Waals surface area (Å²) in [6.45, 7) is 0. The van der Waals surface area contributed by atoms with Crippen molar-refractivity contribution in [1.29, 1.82) is 0 Å². The Morgan fingerprint density at radius 1 is 0.258 bits per heavy atom. The van der Waals surface area contributed by atoms with Crippen molar-refractivity contribution in [2.75, 3.05) is 0 Å². The molecule has 8 heteroatoms. The standard InChI is InChI=1S/C54H34N8/c1-5-19-35(20-6-1)49-55-50(36-21-7-2-8-22-36)58-53(57-49)41-29-15-18-32-46(41)61-44-30-16-13-27-39(44)42-34-48-43(33-47(42)61)40-28-14-17-31-45(40)62(48)54-59-51(37-23-9-3-10-24-37)56-52(60-54)38-25-11-4-12-26-38/h1-34H. The molecule has 0 radical (unpaired) electrons. The maximum Gasteiger partial charge on any atom is 0.238 e. The fraction of sp³-hybridized carbons (Fsp3) is 0. The van der Waals surface area contributed by atoms with Gasteiger partial charge in [0.25, 0.3) is 0 Å². The van der Waals surface area contributed by atoms with Gasteiger partial charge in [0.05, 0.1) is 27.8 Å². The van der Waals surface area contributed by atoms with Crippen molar-refractivity contribution in [2.45, 2.75) is 0 Å². The van der Waals surface area contributed by atoms with E-state index in [2.05, 4.69) is 94.1 Å². The Balaban J connectivity index is 1.12. The van der Waals surface area contributed by atoms with Crippen LogP contribution in [-0.2, 0) is 0 Å². The van der Waals surface area contributed by atoms with E-state index in [1.165, 1.54) is 0 Å². The van der Waals surface area contributed by atoms with Crippen molar-refractivity contribution in [3.8, 4) is 68.6 Å². The maximum atomic E-state index is 5.19. The number of para-hydroxylation sites is 3. The van der Waals surface area contributed by atoms with Gasteiger partial charge in [0.1, 0.15) is 0 Å². The minimum absolute atomic E-state index is 0.551. The minimum atomic E-state index is 0.551. The molecule has 62 heavy (non-hydrogen) atoms. The molecule has 0 fully saturated rings. The zero-order chi connectivity index (χ0) is 41.0. The number of hydrogen-bond donors (Lipinski definition) is 0. The molecule has 12 aromatic rings. The highest BCUT2D eigenvalue weighted by atomic mass is 15.2. The molecule has 0 unspecified atom stereocenters. The van der Waals surface area contributed by atoms with E-state index in [-0.39, 0.29) is 0 Å². The summed E-state index contributed by atoms with van der Waals surface area (Å²) in [6, 6.07) is 70.5. The van der Waals surface area contributed by atoms with Crippen molar-refractivity contribution in [3.63, 3.8) is 0 Å². The topological polar surface area (TPSA) is 87.2 Å². The van der Waals surface area contributed by atoms with E-state index >= 15 is 0 Å². The Hall–Kier alpha value is -8.62. The second kappa shape index (κ2) is 14.6. The lowest BCUT2D eigenvalue weighted by Gasteiger charge is -2.14. The highest BCUT2D eigenvalue weighted by Gasteiger charge is 2.23. The second-order valence-electron chi connectivity index (χ2n) is 15.2. The van der Waals surface area contributed by atoms with Crippen LogP contribution in [-0.4, -0.2) is 39.0 Å². The number of benzene rings is 8. The van der Waals surface area contributed by atoms with Gasteiger partial charge in [0.2, 0.25) is 5.95 Å². The largest absolute Gasteiger partial charge is 0.308 e. The predicted octanol–water partition coefficient (Wildman–Crippen LogP) is 12.6. The molecular weight excluding hydrogens is 761 g/mol. The first-order valence-electron chi connectivity index (χ1n) is 20.6. The molecule has 0 atom stereocenters. The lowest BCUT2D eigenvalue weighted by atomic mass is 10.1. The van der Waals surface area contributed by atoms with Crippen LogP contribution in [0, 0.1) is 0 Å². The molecule has 12 rings (SSSR count). The predicted molar refractivity (Wildman–Crippen MR) is 249 cm³/mol. The maximum absolute atomic E-state index is 5.19. The quantitative estimate of drug-likeness (QED) is 0.160. The molecule has 4 aromatic heterocycles. The van der Waals surface area contributed by atoms with Gasteiger partial charge in [-0.25, -0.2) is 19.9 Å². The molecule has 8 nitrogen and oxygen atoms in total. The minimum Gasteiger partial charge on any atom is -0.308 e. The van der Waals surface area contributed by atoms with E-state index in [1.54, 1.807) is 0 Å². The smallest absolute Gasteiger partial charge is 0.238 e. The summed E-state index contributed by atoms with van der Waals surface area (Å²) < 4.78 is 4.54. The van der Waals surface area contributed by atoms with Gasteiger partial charge in [-0.3, -0.25) is 4.57 Å². The number of rotatable bonds is 7. The third-order valence-electron chi connectivity index (χ3n) is 11.4. The molecule has 0 amide bonds. The Morgan fingerprint density at radius 2 is 0.613 bits per heavy atom. The summed E-state index contributed by atoms with van der Waals surface area (Å²) in [7, 11) is 0. The van der Waals surface area contributed by atoms with Gasteiger partial charge in [-0.2, -0.15) is 9.97 Å². The molecule has 0 N–H and O–H groups in total. The molecule has 0 saturated carbocycles. The zero-order valence-electron chi connectivity index (χ0n) is 33.2. The lowest BCUT2D eigenvalue weighted by molar-refractivity contribution is 0.954. The Bertz CT molecular complexity index is 3500. The van der Waals surface area contributed by atoms with Gasteiger partial charge >= 0.3 is 0 Å². The molecule has 0 saturated heterocycles. The van der Waals surface area contributed by atoms with Crippen molar-refractivity contribution in [1.82, 2.24) is 39.0 Å². The molecule has 0 aliphatic heterocycles. The van der Waals surface area contributed by atoms with Crippen LogP contribution in [0.1, 0.15) is 0 Å². The van der Waals surface area contributed by atoms with E-state index in [0.717, 1.165) is 77.1 Å². The Labute approximate surface area is 356 Å². The summed E-state index contributed by atoms with van der Waals surface area (Å²) >= 11 is 0. The number of hydrogen-bond acceptors (Lipinski definition) is 6. The summed E-state index contributed by atoms with van der Waals surface area (Å²) in [4.78, 5) is 30.7. The molecule has 0 aliphatic rings. The summed E-state index contributed by atoms with van der Waals surface area (Å²) in [6.07, 6.45) is 0. The molecule has 0 spiro atoms. The number of fused-ring (bicyclic) bond motifs is 6. The van der Waals surface area contributed by atoms with Gasteiger partial charge in [-0.1, -0.05) is 170 Å². The van der Waals surface area contributed by atoms with Crippen molar-refractivity contribution < 1.29 is 0 Å². The van der Waals surface area contributed by atoms with Crippen LogP contribution in [0.15, 0.2) is 206 Å². The Kier molecular flexibility index (Phi) is 8.31. The fourth-order valence-electron chi connectivity index (χ4n) is 8.59. The summed E-state index contributed by atoms with van der Waals surface area (Å²) in [5.41, 5.74) is 9.66. The average molecular weight is 795 g/mol. The first kappa shape index (κ1) is 35.3. The molecule has 0 bridgehead atoms. The van der Waals surface area contributed by atoms with E-state index in [1.807, 2.05) is 121 Å². The Morgan fingerprint density at radius 3 is 1.10 bits per heavy atom. The van der Waals surface area contributed by atoms with Gasteiger partial charge < -0.3 is 4.57 Å². The molecule has 290 valence electrons. The van der Waals surface area contributed by atoms with Crippen LogP contribution in [0.2, 0.25) is 0 Å². The summed E-state index contributed by atoms with van der Waals surface area (Å²) in [5, 5.41) is 4.38. The SMILES string of the molecule is c1ccc(-c2nc(-c3ccccc3)nc(-c3ccccc3-n3c4ccccc4c4cc5c(cc43)c3ccccc3n5-c3nc(-c4ccccc4)nc(-c4ccccc4)n3)n2)cc1. The van der Waals surface area contributed by atoms with Crippen molar-refractivity contribution in [2.24, 2.45) is 0 Å². The van der Waals surface area contributed by atoms with Crippen LogP contribution in [0.3, 0.4) is 0 Å². The monoisotopic (exact) mass is 794 g/mol. The van der Waals surface area contributed by atoms with Crippen LogP contribution in [0.4, 0.5) is 0 Å². The second-order valence-corrected chi connectivity index (χ2v) is 15.2. The highest BCUT2D eigenvalue weighted by Crippen LogP contribution is 2.41. The van der Waals surface area contributed by atoms with E-state index in [9.17, 15) is 0 Å². The fourth-order valence-corrected chi connectivity index (χ4v) is 8.59. The van der Waals surface area contributed by atoms with Crippen LogP contribution in [0.25, 0.3) is 112 Å². The zero-order valence-corrected chi connectivity index (χ0v) is 33.2. The van der Waals surface area contributed by atoms with Crippen LogP contribution < -0.4 is 0 Å². The van der Waals surface area contributed by atoms with Crippen molar-refractivity contribution >= 4 is 43.6 Å². The first-order chi connectivity index (χ1) is 30.7. The lowest BCUT2D eigenvalue weighted by Crippen LogP contribution is -2.06. The van der Waals surface area contributed by atoms with Crippen LogP contribution in [0.5, 0.6) is 0 Å². The normalized spacial score (nSPS) is 11.5. The van der Waals surface area contributed by atoms with Gasteiger partial charge in [0, 0.05) is 49.4 Å². The molecule has 8 aromatic carbocycles. The van der Waals surface area contributed by atoms with E-state index in [4.69, 9.17) is 29.9 Å². The molecular formula is C54H34N8. The van der Waals surface area contributed by atoms with Crippen molar-refractivity contribution in [3.05, 3.63) is 206 Å². The van der Waals surface area contributed by atoms with Gasteiger partial charge in [0.15, 0.2) is 29.1 Å². The van der Waals surface area contributed by atoms with Gasteiger partial charge in [-0.05, 0) is 36.4 Å². The molecule has 0 aliphatic carbocycles. The summed E-state index contributed by atoms with van der Waals surface area (Å²) in [5.74, 6) is 3.60. The third kappa shape index (κ3) is 5.92. The first-order valence-corrected chi connectivity index (χ1v) is 20.6. The number of nitrogens with zero attached hydrogens (tertiary/aromatic N) is 8. The van der Waals surface area contributed by atoms with E-state index in [0.29, 0.717) is 35.1 Å². The average Bonchev–Trinajstić information content (AvgIpc) is 3.86. The van der Waals surface area contributed by atoms with E-state index < -0.39 is 0 Å². The highest BCUT2D eigenvalue weighted by molar-refractivity contribution is 6.19. The van der Waals surface area contributed by atoms with Gasteiger partial charge in [-0.15, -0.1) is 0 Å². The third-order valence-corrected chi connectivity index (χ3v) is 11.4. The molecule has 4 heterocycles. The van der Waals surface area contributed by atoms with Crippen LogP contribution >= 0.6 is 0 Å².